The highest BCUT2D eigenvalue weighted by atomic mass is 16.4. The fourth-order valence-electron chi connectivity index (χ4n) is 1.24. The molecular formula is C9H9N3O3. The molecule has 15 heavy (non-hydrogen) atoms. The van der Waals surface area contributed by atoms with Crippen LogP contribution in [-0.4, -0.2) is 17.4 Å². The third-order valence-electron chi connectivity index (χ3n) is 1.89. The molecule has 0 aliphatic carbocycles. The second-order valence-corrected chi connectivity index (χ2v) is 3.05. The predicted molar refractivity (Wildman–Crippen MR) is 54.5 cm³/mol. The molecule has 0 saturated carbocycles. The SMILES string of the molecule is NC(=O)CNc1ccc2[nH]c(=O)oc2c1. The smallest absolute Gasteiger partial charge is 0.408 e. The van der Waals surface area contributed by atoms with Gasteiger partial charge >= 0.3 is 5.76 Å². The number of hydrogen-bond donors (Lipinski definition) is 3. The second-order valence-electron chi connectivity index (χ2n) is 3.05. The first-order valence-corrected chi connectivity index (χ1v) is 4.30. The molecule has 1 aromatic carbocycles. The lowest BCUT2D eigenvalue weighted by molar-refractivity contribution is -0.116. The van der Waals surface area contributed by atoms with Gasteiger partial charge in [-0.2, -0.15) is 0 Å². The van der Waals surface area contributed by atoms with E-state index in [1.165, 1.54) is 0 Å². The summed E-state index contributed by atoms with van der Waals surface area (Å²) in [6, 6.07) is 5.02. The molecule has 0 aliphatic rings. The van der Waals surface area contributed by atoms with Crippen molar-refractivity contribution < 1.29 is 9.21 Å². The van der Waals surface area contributed by atoms with Crippen LogP contribution in [0.5, 0.6) is 0 Å². The summed E-state index contributed by atoms with van der Waals surface area (Å²) in [7, 11) is 0. The summed E-state index contributed by atoms with van der Waals surface area (Å²) in [6.07, 6.45) is 0. The highest BCUT2D eigenvalue weighted by Gasteiger charge is 2.02. The van der Waals surface area contributed by atoms with Crippen LogP contribution >= 0.6 is 0 Å². The van der Waals surface area contributed by atoms with Crippen molar-refractivity contribution in [1.29, 1.82) is 0 Å². The molecule has 6 heteroatoms. The third kappa shape index (κ3) is 1.98. The predicted octanol–water partition coefficient (Wildman–Crippen LogP) is 0.0183. The molecule has 0 spiro atoms. The molecule has 4 N–H and O–H groups in total. The van der Waals surface area contributed by atoms with Crippen molar-refractivity contribution in [1.82, 2.24) is 4.98 Å². The van der Waals surface area contributed by atoms with E-state index in [2.05, 4.69) is 10.3 Å². The van der Waals surface area contributed by atoms with E-state index in [1.807, 2.05) is 0 Å². The highest BCUT2D eigenvalue weighted by Crippen LogP contribution is 2.15. The van der Waals surface area contributed by atoms with Crippen LogP contribution in [0.1, 0.15) is 0 Å². The summed E-state index contributed by atoms with van der Waals surface area (Å²) in [5.41, 5.74) is 6.70. The first-order chi connectivity index (χ1) is 7.15. The molecule has 0 aliphatic heterocycles. The van der Waals surface area contributed by atoms with E-state index in [-0.39, 0.29) is 6.54 Å². The van der Waals surface area contributed by atoms with Crippen LogP contribution in [-0.2, 0) is 4.79 Å². The molecule has 6 nitrogen and oxygen atoms in total. The summed E-state index contributed by atoms with van der Waals surface area (Å²) in [4.78, 5) is 23.9. The number of carbonyl (C=O) groups is 1. The Bertz CT molecular complexity index is 555. The Labute approximate surface area is 84.1 Å². The summed E-state index contributed by atoms with van der Waals surface area (Å²) >= 11 is 0. The van der Waals surface area contributed by atoms with Gasteiger partial charge in [-0.3, -0.25) is 9.78 Å². The number of H-pyrrole nitrogens is 1. The minimum absolute atomic E-state index is 0.0418. The Balaban J connectivity index is 2.30. The average Bonchev–Trinajstić information content (AvgIpc) is 2.53. The van der Waals surface area contributed by atoms with Gasteiger partial charge < -0.3 is 15.5 Å². The molecule has 0 atom stereocenters. The Kier molecular flexibility index (Phi) is 2.17. The molecule has 1 amide bonds. The van der Waals surface area contributed by atoms with Crippen molar-refractivity contribution in [3.63, 3.8) is 0 Å². The maximum absolute atomic E-state index is 10.8. The van der Waals surface area contributed by atoms with E-state index in [4.69, 9.17) is 10.2 Å². The highest BCUT2D eigenvalue weighted by molar-refractivity contribution is 5.81. The number of rotatable bonds is 3. The minimum atomic E-state index is -0.503. The molecule has 1 aromatic heterocycles. The quantitative estimate of drug-likeness (QED) is 0.660. The standard InChI is InChI=1S/C9H9N3O3/c10-8(13)4-11-5-1-2-6-7(3-5)15-9(14)12-6/h1-3,11H,4H2,(H2,10,13)(H,12,14). The van der Waals surface area contributed by atoms with Crippen LogP contribution in [0.2, 0.25) is 0 Å². The maximum atomic E-state index is 10.8. The van der Waals surface area contributed by atoms with Crippen molar-refractivity contribution in [2.75, 3.05) is 11.9 Å². The molecular weight excluding hydrogens is 198 g/mol. The van der Waals surface area contributed by atoms with Gasteiger partial charge in [0.25, 0.3) is 0 Å². The van der Waals surface area contributed by atoms with Gasteiger partial charge in [0.05, 0.1) is 12.1 Å². The molecule has 0 saturated heterocycles. The Hall–Kier alpha value is -2.24. The van der Waals surface area contributed by atoms with Gasteiger partial charge in [-0.25, -0.2) is 4.79 Å². The molecule has 0 bridgehead atoms. The number of primary amides is 1. The number of carbonyl (C=O) groups excluding carboxylic acids is 1. The summed E-state index contributed by atoms with van der Waals surface area (Å²) in [6.45, 7) is 0.0418. The molecule has 2 aromatic rings. The summed E-state index contributed by atoms with van der Waals surface area (Å²) in [5.74, 6) is -0.956. The van der Waals surface area contributed by atoms with Crippen LogP contribution in [0.3, 0.4) is 0 Å². The van der Waals surface area contributed by atoms with Gasteiger partial charge in [-0.1, -0.05) is 0 Å². The van der Waals surface area contributed by atoms with E-state index in [9.17, 15) is 9.59 Å². The normalized spacial score (nSPS) is 10.4. The third-order valence-corrected chi connectivity index (χ3v) is 1.89. The maximum Gasteiger partial charge on any atom is 0.417 e. The van der Waals surface area contributed by atoms with Gasteiger partial charge in [-0.05, 0) is 12.1 Å². The summed E-state index contributed by atoms with van der Waals surface area (Å²) < 4.78 is 4.85. The number of fused-ring (bicyclic) bond motifs is 1. The lowest BCUT2D eigenvalue weighted by Crippen LogP contribution is -2.21. The van der Waals surface area contributed by atoms with Crippen LogP contribution < -0.4 is 16.8 Å². The van der Waals surface area contributed by atoms with E-state index < -0.39 is 11.7 Å². The summed E-state index contributed by atoms with van der Waals surface area (Å²) in [5, 5.41) is 2.80. The first-order valence-electron chi connectivity index (χ1n) is 4.30. The minimum Gasteiger partial charge on any atom is -0.408 e. The zero-order valence-electron chi connectivity index (χ0n) is 7.74. The lowest BCUT2D eigenvalue weighted by Gasteiger charge is -2.02. The van der Waals surface area contributed by atoms with Crippen LogP contribution in [0, 0.1) is 0 Å². The second kappa shape index (κ2) is 3.49. The van der Waals surface area contributed by atoms with Crippen molar-refractivity contribution in [2.45, 2.75) is 0 Å². The average molecular weight is 207 g/mol. The number of aromatic amines is 1. The van der Waals surface area contributed by atoms with E-state index in [0.29, 0.717) is 16.8 Å². The number of nitrogens with one attached hydrogen (secondary N) is 2. The largest absolute Gasteiger partial charge is 0.417 e. The molecule has 0 unspecified atom stereocenters. The number of hydrogen-bond acceptors (Lipinski definition) is 4. The van der Waals surface area contributed by atoms with Gasteiger partial charge in [0, 0.05) is 11.8 Å². The number of aromatic nitrogens is 1. The number of amides is 1. The molecule has 1 heterocycles. The van der Waals surface area contributed by atoms with Crippen LogP contribution in [0.4, 0.5) is 5.69 Å². The number of nitrogens with two attached hydrogens (primary N) is 1. The topological polar surface area (TPSA) is 101 Å². The van der Waals surface area contributed by atoms with E-state index >= 15 is 0 Å². The number of benzene rings is 1. The number of anilines is 1. The fraction of sp³-hybridized carbons (Fsp3) is 0.111. The van der Waals surface area contributed by atoms with E-state index in [0.717, 1.165) is 0 Å². The van der Waals surface area contributed by atoms with Crippen molar-refractivity contribution in [3.8, 4) is 0 Å². The van der Waals surface area contributed by atoms with Crippen LogP contribution in [0.25, 0.3) is 11.1 Å². The lowest BCUT2D eigenvalue weighted by atomic mass is 10.3. The fourth-order valence-corrected chi connectivity index (χ4v) is 1.24. The van der Waals surface area contributed by atoms with Crippen molar-refractivity contribution in [2.24, 2.45) is 5.73 Å². The Morgan fingerprint density at radius 1 is 1.53 bits per heavy atom. The van der Waals surface area contributed by atoms with Gasteiger partial charge in [0.1, 0.15) is 0 Å². The molecule has 78 valence electrons. The number of oxazole rings is 1. The van der Waals surface area contributed by atoms with Gasteiger partial charge in [-0.15, -0.1) is 0 Å². The Morgan fingerprint density at radius 2 is 2.33 bits per heavy atom. The van der Waals surface area contributed by atoms with Gasteiger partial charge in [0.2, 0.25) is 5.91 Å². The molecule has 0 fully saturated rings. The Morgan fingerprint density at radius 3 is 3.07 bits per heavy atom. The molecule has 2 rings (SSSR count). The van der Waals surface area contributed by atoms with Gasteiger partial charge in [0.15, 0.2) is 5.58 Å². The first kappa shape index (κ1) is 9.32. The van der Waals surface area contributed by atoms with Crippen LogP contribution in [0.15, 0.2) is 27.4 Å². The van der Waals surface area contributed by atoms with Crippen molar-refractivity contribution in [3.05, 3.63) is 28.7 Å². The zero-order valence-corrected chi connectivity index (χ0v) is 7.74. The van der Waals surface area contributed by atoms with E-state index in [1.54, 1.807) is 18.2 Å². The monoisotopic (exact) mass is 207 g/mol. The zero-order chi connectivity index (χ0) is 10.8. The van der Waals surface area contributed by atoms with Crippen molar-refractivity contribution >= 4 is 22.7 Å². The molecule has 0 radical (unpaired) electrons.